The summed E-state index contributed by atoms with van der Waals surface area (Å²) >= 11 is 12.9. The number of hydrogen-bond donors (Lipinski definition) is 4. The molecule has 1 aliphatic rings. The minimum absolute atomic E-state index is 0.0178. The van der Waals surface area contributed by atoms with Crippen molar-refractivity contribution >= 4 is 57.8 Å². The van der Waals surface area contributed by atoms with Crippen molar-refractivity contribution in [1.29, 1.82) is 0 Å². The minimum Gasteiger partial charge on any atom is -0.471 e. The van der Waals surface area contributed by atoms with Gasteiger partial charge in [0.2, 0.25) is 17.7 Å². The fraction of sp³-hybridized carbons (Fsp3) is 0.481. The molecule has 0 saturated heterocycles. The van der Waals surface area contributed by atoms with Gasteiger partial charge in [0.1, 0.15) is 5.56 Å². The van der Waals surface area contributed by atoms with Gasteiger partial charge in [0.25, 0.3) is 12.3 Å². The van der Waals surface area contributed by atoms with Gasteiger partial charge in [0.05, 0.1) is 27.2 Å². The van der Waals surface area contributed by atoms with E-state index in [0.717, 1.165) is 0 Å². The zero-order valence-corrected chi connectivity index (χ0v) is 24.4. The molecule has 2 amide bonds. The smallest absolute Gasteiger partial charge is 0.391 e. The lowest BCUT2D eigenvalue weighted by Gasteiger charge is -2.30. The van der Waals surface area contributed by atoms with Gasteiger partial charge in [0.15, 0.2) is 12.3 Å². The number of H-pyrrole nitrogens is 1. The molecule has 0 spiro atoms. The highest BCUT2D eigenvalue weighted by molar-refractivity contribution is 6.39. The molecule has 1 fully saturated rings. The lowest BCUT2D eigenvalue weighted by Crippen LogP contribution is -2.40. The summed E-state index contributed by atoms with van der Waals surface area (Å²) in [4.78, 5) is 36.3. The van der Waals surface area contributed by atoms with Gasteiger partial charge in [-0.05, 0) is 49.8 Å². The van der Waals surface area contributed by atoms with E-state index in [2.05, 4.69) is 30.9 Å². The van der Waals surface area contributed by atoms with Crippen molar-refractivity contribution in [3.8, 4) is 5.88 Å². The van der Waals surface area contributed by atoms with Crippen LogP contribution in [0.5, 0.6) is 5.88 Å². The first-order valence-corrected chi connectivity index (χ1v) is 14.3. The predicted molar refractivity (Wildman–Crippen MR) is 151 cm³/mol. The average Bonchev–Trinajstić information content (AvgIpc) is 3.34. The van der Waals surface area contributed by atoms with Crippen LogP contribution in [-0.2, 0) is 11.3 Å². The molecular weight excluding hydrogens is 622 g/mol. The number of carbonyl (C=O) groups excluding carboxylic acids is 2. The number of alkyl halides is 5. The molecule has 0 radical (unpaired) electrons. The summed E-state index contributed by atoms with van der Waals surface area (Å²) in [6.07, 6.45) is -6.14. The molecule has 4 N–H and O–H groups in total. The second-order valence-electron chi connectivity index (χ2n) is 10.1. The van der Waals surface area contributed by atoms with Crippen LogP contribution in [0.1, 0.15) is 61.4 Å². The van der Waals surface area contributed by atoms with Crippen LogP contribution >= 0.6 is 23.2 Å². The number of hydrogen-bond acceptors (Lipinski definition) is 6. The van der Waals surface area contributed by atoms with Crippen LogP contribution in [0.25, 0.3) is 11.2 Å². The lowest BCUT2D eigenvalue weighted by molar-refractivity contribution is -0.182. The maximum Gasteiger partial charge on any atom is 0.391 e. The summed E-state index contributed by atoms with van der Waals surface area (Å²) < 4.78 is 70.0. The number of nitrogens with zero attached hydrogens (tertiary/aromatic N) is 2. The molecule has 3 aromatic rings. The van der Waals surface area contributed by atoms with Gasteiger partial charge >= 0.3 is 6.18 Å². The molecule has 43 heavy (non-hydrogen) atoms. The number of nitrogens with one attached hydrogen (secondary N) is 4. The van der Waals surface area contributed by atoms with Crippen LogP contribution in [0.4, 0.5) is 33.6 Å². The molecule has 16 heteroatoms. The third-order valence-electron chi connectivity index (χ3n) is 6.92. The van der Waals surface area contributed by atoms with E-state index in [-0.39, 0.29) is 76.5 Å². The number of carbonyl (C=O) groups is 2. The predicted octanol–water partition coefficient (Wildman–Crippen LogP) is 6.92. The van der Waals surface area contributed by atoms with Gasteiger partial charge in [-0.1, -0.05) is 36.2 Å². The van der Waals surface area contributed by atoms with Crippen molar-refractivity contribution in [1.82, 2.24) is 25.6 Å². The summed E-state index contributed by atoms with van der Waals surface area (Å²) in [6, 6.07) is 4.02. The number of pyridine rings is 1. The Hall–Kier alpha value is -3.39. The Morgan fingerprint density at radius 1 is 1.14 bits per heavy atom. The molecule has 234 valence electrons. The molecule has 0 bridgehead atoms. The molecule has 1 saturated carbocycles. The number of rotatable bonds is 11. The zero-order valence-electron chi connectivity index (χ0n) is 22.9. The molecule has 9 nitrogen and oxygen atoms in total. The Labute approximate surface area is 253 Å². The maximum atomic E-state index is 13.1. The van der Waals surface area contributed by atoms with E-state index in [4.69, 9.17) is 27.9 Å². The minimum atomic E-state index is -4.30. The van der Waals surface area contributed by atoms with E-state index in [1.807, 2.05) is 6.92 Å². The normalized spacial score (nSPS) is 17.2. The zero-order chi connectivity index (χ0) is 31.3. The first kappa shape index (κ1) is 32.5. The summed E-state index contributed by atoms with van der Waals surface area (Å²) in [5, 5.41) is 8.84. The van der Waals surface area contributed by atoms with Gasteiger partial charge in [0, 0.05) is 19.0 Å². The molecule has 4 rings (SSSR count). The Balaban J connectivity index is 1.56. The standard InChI is InChI=1S/C27H29Cl2F5N6O3/c1-2-3-20(41)35-11-13-4-9-17(28)22(21(13)29)38-26-37-18-10-16(25(39-23(18)40-26)43-12-19(30)31)24(42)36-15-7-5-14(6-8-15)27(32,33)34/h4,9-10,14-15,19H,2-3,5-8,11-12H2,1H3,(H,35,41)(H,36,42)(H2,37,38,39,40)/t14-,15-. The van der Waals surface area contributed by atoms with Crippen molar-refractivity contribution < 1.29 is 36.3 Å². The summed E-state index contributed by atoms with van der Waals surface area (Å²) in [5.74, 6) is -2.61. The molecular formula is C27H29Cl2F5N6O3. The van der Waals surface area contributed by atoms with Crippen molar-refractivity contribution in [3.63, 3.8) is 0 Å². The van der Waals surface area contributed by atoms with E-state index in [1.54, 1.807) is 12.1 Å². The van der Waals surface area contributed by atoms with E-state index in [1.165, 1.54) is 6.07 Å². The van der Waals surface area contributed by atoms with E-state index >= 15 is 0 Å². The fourth-order valence-corrected chi connectivity index (χ4v) is 5.23. The Morgan fingerprint density at radius 3 is 2.51 bits per heavy atom. The fourth-order valence-electron chi connectivity index (χ4n) is 4.70. The number of ether oxygens (including phenoxy) is 1. The second-order valence-corrected chi connectivity index (χ2v) is 10.9. The largest absolute Gasteiger partial charge is 0.471 e. The lowest BCUT2D eigenvalue weighted by atomic mass is 9.85. The summed E-state index contributed by atoms with van der Waals surface area (Å²) in [6.45, 7) is 0.999. The van der Waals surface area contributed by atoms with Crippen LogP contribution in [0, 0.1) is 5.92 Å². The molecule has 0 unspecified atom stereocenters. The van der Waals surface area contributed by atoms with E-state index in [9.17, 15) is 31.5 Å². The Bertz CT molecular complexity index is 1460. The van der Waals surface area contributed by atoms with Crippen molar-refractivity contribution in [2.75, 3.05) is 11.9 Å². The van der Waals surface area contributed by atoms with Gasteiger partial charge < -0.3 is 25.7 Å². The van der Waals surface area contributed by atoms with Crippen LogP contribution in [-0.4, -0.2) is 52.0 Å². The Morgan fingerprint density at radius 2 is 1.86 bits per heavy atom. The van der Waals surface area contributed by atoms with Crippen molar-refractivity contribution in [2.24, 2.45) is 5.92 Å². The number of benzene rings is 1. The van der Waals surface area contributed by atoms with E-state index < -0.39 is 43.0 Å². The number of amides is 2. The monoisotopic (exact) mass is 650 g/mol. The highest BCUT2D eigenvalue weighted by Crippen LogP contribution is 2.38. The van der Waals surface area contributed by atoms with Crippen molar-refractivity contribution in [2.45, 2.75) is 70.6 Å². The summed E-state index contributed by atoms with van der Waals surface area (Å²) in [5.41, 5.74) is 0.906. The number of anilines is 2. The van der Waals surface area contributed by atoms with Crippen molar-refractivity contribution in [3.05, 3.63) is 39.4 Å². The number of fused-ring (bicyclic) bond motifs is 1. The molecule has 0 aliphatic heterocycles. The number of halogens is 7. The van der Waals surface area contributed by atoms with Crippen LogP contribution < -0.4 is 20.7 Å². The quantitative estimate of drug-likeness (QED) is 0.167. The third-order valence-corrected chi connectivity index (χ3v) is 7.67. The molecule has 2 aromatic heterocycles. The maximum absolute atomic E-state index is 13.1. The van der Waals surface area contributed by atoms with Crippen LogP contribution in [0.3, 0.4) is 0 Å². The number of aromatic nitrogens is 3. The van der Waals surface area contributed by atoms with Gasteiger partial charge in [-0.15, -0.1) is 0 Å². The summed E-state index contributed by atoms with van der Waals surface area (Å²) in [7, 11) is 0. The molecule has 1 aliphatic carbocycles. The second kappa shape index (κ2) is 13.9. The van der Waals surface area contributed by atoms with Crippen LogP contribution in [0.2, 0.25) is 10.0 Å². The first-order valence-electron chi connectivity index (χ1n) is 13.6. The third kappa shape index (κ3) is 8.37. The number of aromatic amines is 1. The Kier molecular flexibility index (Phi) is 10.5. The van der Waals surface area contributed by atoms with Gasteiger partial charge in [-0.2, -0.15) is 23.1 Å². The highest BCUT2D eigenvalue weighted by atomic mass is 35.5. The average molecular weight is 651 g/mol. The SMILES string of the molecule is CCCC(=O)NCc1ccc(Cl)c(Nc2nc3nc(OCC(F)F)c(C(=O)N[C@H]4CC[C@H](C(F)(F)F)CC4)cc3[nH]2)c1Cl. The number of imidazole rings is 1. The van der Waals surface area contributed by atoms with Crippen LogP contribution in [0.15, 0.2) is 18.2 Å². The molecule has 0 atom stereocenters. The molecule has 1 aromatic carbocycles. The first-order chi connectivity index (χ1) is 20.3. The van der Waals surface area contributed by atoms with E-state index in [0.29, 0.717) is 18.4 Å². The topological polar surface area (TPSA) is 121 Å². The highest BCUT2D eigenvalue weighted by Gasteiger charge is 2.41. The molecule has 2 heterocycles. The van der Waals surface area contributed by atoms with Gasteiger partial charge in [-0.3, -0.25) is 9.59 Å². The van der Waals surface area contributed by atoms with Gasteiger partial charge in [-0.25, -0.2) is 8.78 Å².